The molecule has 2 heterocycles. The van der Waals surface area contributed by atoms with Crippen LogP contribution in [-0.4, -0.2) is 15.9 Å². The largest absolute Gasteiger partial charge is 0.298 e. The highest BCUT2D eigenvalue weighted by Gasteiger charge is 2.16. The third-order valence-electron chi connectivity index (χ3n) is 5.48. The number of benzene rings is 3. The molecule has 33 heavy (non-hydrogen) atoms. The molecule has 0 saturated heterocycles. The maximum atomic E-state index is 13.3. The van der Waals surface area contributed by atoms with E-state index in [1.54, 1.807) is 12.1 Å². The molecule has 0 aliphatic heterocycles. The molecular weight excluding hydrogens is 433 g/mol. The van der Waals surface area contributed by atoms with Gasteiger partial charge in [0.1, 0.15) is 5.82 Å². The van der Waals surface area contributed by atoms with E-state index in [4.69, 9.17) is 4.98 Å². The molecule has 1 amide bonds. The van der Waals surface area contributed by atoms with Crippen molar-refractivity contribution in [3.8, 4) is 22.5 Å². The number of fused-ring (bicyclic) bond motifs is 1. The number of thiazole rings is 1. The van der Waals surface area contributed by atoms with Gasteiger partial charge in [-0.1, -0.05) is 42.0 Å². The average molecular weight is 454 g/mol. The molecule has 0 bridgehead atoms. The Bertz CT molecular complexity index is 1490. The monoisotopic (exact) mass is 453 g/mol. The smallest absolute Gasteiger partial charge is 0.258 e. The number of anilines is 1. The van der Waals surface area contributed by atoms with Crippen LogP contribution in [0.25, 0.3) is 33.4 Å². The number of hydrogen-bond donors (Lipinski definition) is 1. The van der Waals surface area contributed by atoms with E-state index in [1.165, 1.54) is 29.0 Å². The van der Waals surface area contributed by atoms with Crippen molar-refractivity contribution in [2.75, 3.05) is 5.32 Å². The molecular formula is C27H20FN3OS. The van der Waals surface area contributed by atoms with Gasteiger partial charge in [-0.2, -0.15) is 0 Å². The summed E-state index contributed by atoms with van der Waals surface area (Å²) in [5.74, 6) is -0.550. The van der Waals surface area contributed by atoms with Crippen molar-refractivity contribution in [2.24, 2.45) is 0 Å². The van der Waals surface area contributed by atoms with E-state index in [2.05, 4.69) is 23.3 Å². The Balaban J connectivity index is 1.51. The molecule has 0 spiro atoms. The predicted molar refractivity (Wildman–Crippen MR) is 132 cm³/mol. The maximum absolute atomic E-state index is 13.3. The van der Waals surface area contributed by atoms with Gasteiger partial charge in [-0.05, 0) is 55.8 Å². The summed E-state index contributed by atoms with van der Waals surface area (Å²) in [6.45, 7) is 4.10. The van der Waals surface area contributed by atoms with Gasteiger partial charge in [0.25, 0.3) is 5.91 Å². The fourth-order valence-electron chi connectivity index (χ4n) is 3.85. The average Bonchev–Trinajstić information content (AvgIpc) is 3.27. The first kappa shape index (κ1) is 21.0. The SMILES string of the molecule is Cc1ccc(-c2cc(C(=O)Nc3nc(-c4ccc(F)cc4)cs3)c3ccccc3n2)c(C)c1. The number of aryl methyl sites for hydroxylation is 2. The number of aromatic nitrogens is 2. The van der Waals surface area contributed by atoms with E-state index in [0.717, 1.165) is 33.3 Å². The van der Waals surface area contributed by atoms with Crippen LogP contribution in [0, 0.1) is 19.7 Å². The van der Waals surface area contributed by atoms with E-state index < -0.39 is 0 Å². The zero-order chi connectivity index (χ0) is 22.9. The van der Waals surface area contributed by atoms with Gasteiger partial charge in [-0.3, -0.25) is 10.1 Å². The zero-order valence-electron chi connectivity index (χ0n) is 18.1. The molecule has 0 radical (unpaired) electrons. The summed E-state index contributed by atoms with van der Waals surface area (Å²) in [4.78, 5) is 22.6. The van der Waals surface area contributed by atoms with E-state index in [0.29, 0.717) is 16.4 Å². The Morgan fingerprint density at radius 3 is 2.48 bits per heavy atom. The van der Waals surface area contributed by atoms with Gasteiger partial charge in [-0.25, -0.2) is 14.4 Å². The van der Waals surface area contributed by atoms with Crippen molar-refractivity contribution in [3.05, 3.63) is 101 Å². The Kier molecular flexibility index (Phi) is 5.44. The van der Waals surface area contributed by atoms with E-state index in [9.17, 15) is 9.18 Å². The number of halogens is 1. The highest BCUT2D eigenvalue weighted by Crippen LogP contribution is 2.29. The molecule has 0 unspecified atom stereocenters. The number of carbonyl (C=O) groups is 1. The molecule has 1 N–H and O–H groups in total. The van der Waals surface area contributed by atoms with Gasteiger partial charge in [0, 0.05) is 21.9 Å². The van der Waals surface area contributed by atoms with Crippen molar-refractivity contribution in [3.63, 3.8) is 0 Å². The highest BCUT2D eigenvalue weighted by molar-refractivity contribution is 7.14. The van der Waals surface area contributed by atoms with Crippen molar-refractivity contribution in [1.82, 2.24) is 9.97 Å². The van der Waals surface area contributed by atoms with Crippen LogP contribution in [0.15, 0.2) is 78.2 Å². The minimum atomic E-state index is -0.299. The highest BCUT2D eigenvalue weighted by atomic mass is 32.1. The van der Waals surface area contributed by atoms with Crippen LogP contribution >= 0.6 is 11.3 Å². The summed E-state index contributed by atoms with van der Waals surface area (Å²) >= 11 is 1.33. The number of hydrogen-bond acceptors (Lipinski definition) is 4. The first-order chi connectivity index (χ1) is 16.0. The lowest BCUT2D eigenvalue weighted by Gasteiger charge is -2.11. The number of amides is 1. The second-order valence-electron chi connectivity index (χ2n) is 7.89. The first-order valence-corrected chi connectivity index (χ1v) is 11.4. The molecule has 5 rings (SSSR count). The Labute approximate surface area is 194 Å². The van der Waals surface area contributed by atoms with E-state index >= 15 is 0 Å². The Morgan fingerprint density at radius 1 is 0.909 bits per heavy atom. The van der Waals surface area contributed by atoms with Crippen molar-refractivity contribution in [2.45, 2.75) is 13.8 Å². The lowest BCUT2D eigenvalue weighted by Crippen LogP contribution is -2.13. The third-order valence-corrected chi connectivity index (χ3v) is 6.24. The quantitative estimate of drug-likeness (QED) is 0.318. The topological polar surface area (TPSA) is 54.9 Å². The lowest BCUT2D eigenvalue weighted by atomic mass is 9.99. The van der Waals surface area contributed by atoms with Crippen LogP contribution in [-0.2, 0) is 0 Å². The fourth-order valence-corrected chi connectivity index (χ4v) is 4.57. The summed E-state index contributed by atoms with van der Waals surface area (Å²) in [6, 6.07) is 21.8. The fraction of sp³-hybridized carbons (Fsp3) is 0.0741. The molecule has 0 aliphatic carbocycles. The number of nitrogens with zero attached hydrogens (tertiary/aromatic N) is 2. The summed E-state index contributed by atoms with van der Waals surface area (Å²) in [5, 5.41) is 6.02. The maximum Gasteiger partial charge on any atom is 0.258 e. The molecule has 162 valence electrons. The second-order valence-corrected chi connectivity index (χ2v) is 8.75. The van der Waals surface area contributed by atoms with Crippen LogP contribution in [0.2, 0.25) is 0 Å². The summed E-state index contributed by atoms with van der Waals surface area (Å²) in [5.41, 5.74) is 6.80. The molecule has 0 saturated carbocycles. The zero-order valence-corrected chi connectivity index (χ0v) is 18.9. The second kappa shape index (κ2) is 8.56. The van der Waals surface area contributed by atoms with Crippen LogP contribution in [0.5, 0.6) is 0 Å². The van der Waals surface area contributed by atoms with Crippen LogP contribution < -0.4 is 5.32 Å². The standard InChI is InChI=1S/C27H20FN3OS/c1-16-7-12-20(17(2)13-16)24-14-22(21-5-3-4-6-23(21)29-24)26(32)31-27-30-25(15-33-27)18-8-10-19(28)11-9-18/h3-15H,1-2H3,(H,30,31,32). The molecule has 2 aromatic heterocycles. The van der Waals surface area contributed by atoms with E-state index in [-0.39, 0.29) is 11.7 Å². The Hall–Kier alpha value is -3.90. The number of nitrogens with one attached hydrogen (secondary N) is 1. The molecule has 5 aromatic rings. The predicted octanol–water partition coefficient (Wildman–Crippen LogP) is 7.03. The molecule has 0 fully saturated rings. The van der Waals surface area contributed by atoms with Crippen LogP contribution in [0.3, 0.4) is 0 Å². The molecule has 3 aromatic carbocycles. The normalized spacial score (nSPS) is 11.0. The van der Waals surface area contributed by atoms with Gasteiger partial charge in [0.15, 0.2) is 5.13 Å². The number of carbonyl (C=O) groups excluding carboxylic acids is 1. The van der Waals surface area contributed by atoms with Crippen LogP contribution in [0.1, 0.15) is 21.5 Å². The van der Waals surface area contributed by atoms with E-state index in [1.807, 2.05) is 54.8 Å². The van der Waals surface area contributed by atoms with Crippen molar-refractivity contribution < 1.29 is 9.18 Å². The third kappa shape index (κ3) is 4.25. The van der Waals surface area contributed by atoms with Gasteiger partial charge < -0.3 is 0 Å². The lowest BCUT2D eigenvalue weighted by molar-refractivity contribution is 0.102. The summed E-state index contributed by atoms with van der Waals surface area (Å²) < 4.78 is 13.2. The molecule has 4 nitrogen and oxygen atoms in total. The van der Waals surface area contributed by atoms with Crippen molar-refractivity contribution >= 4 is 33.3 Å². The molecule has 0 atom stereocenters. The minimum Gasteiger partial charge on any atom is -0.298 e. The van der Waals surface area contributed by atoms with Crippen LogP contribution in [0.4, 0.5) is 9.52 Å². The molecule has 6 heteroatoms. The van der Waals surface area contributed by atoms with Gasteiger partial charge in [-0.15, -0.1) is 11.3 Å². The molecule has 0 aliphatic rings. The summed E-state index contributed by atoms with van der Waals surface area (Å²) in [6.07, 6.45) is 0. The number of para-hydroxylation sites is 1. The van der Waals surface area contributed by atoms with Gasteiger partial charge in [0.2, 0.25) is 0 Å². The first-order valence-electron chi connectivity index (χ1n) is 10.5. The minimum absolute atomic E-state index is 0.250. The van der Waals surface area contributed by atoms with Crippen molar-refractivity contribution in [1.29, 1.82) is 0 Å². The van der Waals surface area contributed by atoms with Gasteiger partial charge in [0.05, 0.1) is 22.5 Å². The number of rotatable bonds is 4. The Morgan fingerprint density at radius 2 is 1.70 bits per heavy atom. The van der Waals surface area contributed by atoms with Gasteiger partial charge >= 0.3 is 0 Å². The number of pyridine rings is 1. The summed E-state index contributed by atoms with van der Waals surface area (Å²) in [7, 11) is 0.